The maximum absolute atomic E-state index is 14.7. The van der Waals surface area contributed by atoms with Gasteiger partial charge in [0.25, 0.3) is 0 Å². The summed E-state index contributed by atoms with van der Waals surface area (Å²) in [6.07, 6.45) is 2.11. The van der Waals surface area contributed by atoms with E-state index in [1.54, 1.807) is 42.5 Å². The van der Waals surface area contributed by atoms with Gasteiger partial charge in [0, 0.05) is 12.8 Å². The number of nitrogens with one attached hydrogen (secondary N) is 1. The van der Waals surface area contributed by atoms with E-state index < -0.39 is 62.2 Å². The smallest absolute Gasteiger partial charge is 0.459 e. The van der Waals surface area contributed by atoms with Gasteiger partial charge in [0.1, 0.15) is 48.5 Å². The van der Waals surface area contributed by atoms with Gasteiger partial charge in [0.05, 0.1) is 5.69 Å². The maximum atomic E-state index is 14.7. The molecule has 17 heteroatoms. The summed E-state index contributed by atoms with van der Waals surface area (Å²) in [7, 11) is -4.57. The topological polar surface area (TPSA) is 216 Å². The van der Waals surface area contributed by atoms with Gasteiger partial charge < -0.3 is 29.2 Å². The summed E-state index contributed by atoms with van der Waals surface area (Å²) in [4.78, 5) is 44.2. The number of carbonyl (C=O) groups excluding carboxylic acids is 3. The minimum atomic E-state index is -4.57. The third-order valence-electron chi connectivity index (χ3n) is 9.72. The summed E-state index contributed by atoms with van der Waals surface area (Å²) in [5.74, 6) is -1.33. The summed E-state index contributed by atoms with van der Waals surface area (Å²) >= 11 is 0. The van der Waals surface area contributed by atoms with Gasteiger partial charge >= 0.3 is 25.7 Å². The molecule has 1 aliphatic carbocycles. The zero-order chi connectivity index (χ0) is 40.5. The van der Waals surface area contributed by atoms with Gasteiger partial charge in [-0.3, -0.25) is 18.9 Å². The zero-order valence-electron chi connectivity index (χ0n) is 32.6. The Kier molecular flexibility index (Phi) is 14.5. The number of hydrogen-bond donors (Lipinski definition) is 2. The maximum Gasteiger partial charge on any atom is 0.459 e. The molecule has 56 heavy (non-hydrogen) atoms. The van der Waals surface area contributed by atoms with Crippen molar-refractivity contribution < 1.29 is 46.9 Å². The van der Waals surface area contributed by atoms with E-state index in [2.05, 4.69) is 21.2 Å². The number of aromatic nitrogens is 3. The van der Waals surface area contributed by atoms with Gasteiger partial charge in [0.2, 0.25) is 5.60 Å². The average molecular weight is 797 g/mol. The number of nitrogens with zero attached hydrogens (tertiary/aromatic N) is 4. The number of carbonyl (C=O) groups is 3. The third kappa shape index (κ3) is 10.8. The van der Waals surface area contributed by atoms with Crippen molar-refractivity contribution in [2.45, 2.75) is 128 Å². The predicted octanol–water partition coefficient (Wildman–Crippen LogP) is 6.40. The Labute approximate surface area is 327 Å². The summed E-state index contributed by atoms with van der Waals surface area (Å²) < 4.78 is 52.3. The highest BCUT2D eigenvalue weighted by atomic mass is 31.2. The highest BCUT2D eigenvalue weighted by molar-refractivity contribution is 7.52. The Hall–Kier alpha value is -4.55. The SMILES string of the molecule is CC(C)CCC(=O)O[C@H]1[C@H](c2ccc3c(N)ncnn23)O[C@](C#N)(COP(=O)(N[C@@H](C)C(=O)OC2CCCCC2)Oc2ccccc2)[C@H]1OC(=O)CCC(C)C. The monoisotopic (exact) mass is 796 g/mol. The van der Waals surface area contributed by atoms with Gasteiger partial charge in [0.15, 0.2) is 18.0 Å². The molecule has 5 rings (SSSR count). The van der Waals surface area contributed by atoms with E-state index in [4.69, 9.17) is 33.7 Å². The first-order chi connectivity index (χ1) is 26.7. The van der Waals surface area contributed by atoms with Crippen LogP contribution in [0.4, 0.5) is 5.82 Å². The third-order valence-corrected chi connectivity index (χ3v) is 11.3. The number of benzene rings is 1. The lowest BCUT2D eigenvalue weighted by Crippen LogP contribution is -2.50. The number of nitrogens with two attached hydrogens (primary N) is 1. The molecule has 0 radical (unpaired) electrons. The fourth-order valence-electron chi connectivity index (χ4n) is 6.58. The number of fused-ring (bicyclic) bond motifs is 1. The molecule has 2 aromatic heterocycles. The van der Waals surface area contributed by atoms with Crippen LogP contribution in [-0.2, 0) is 42.4 Å². The molecule has 3 heterocycles. The van der Waals surface area contributed by atoms with Crippen LogP contribution in [0.15, 0.2) is 48.8 Å². The molecule has 2 aliphatic rings. The molecule has 0 amide bonds. The molecule has 1 saturated heterocycles. The van der Waals surface area contributed by atoms with E-state index in [9.17, 15) is 24.2 Å². The second-order valence-corrected chi connectivity index (χ2v) is 16.9. The first-order valence-electron chi connectivity index (χ1n) is 19.3. The molecule has 304 valence electrons. The van der Waals surface area contributed by atoms with Crippen molar-refractivity contribution in [3.8, 4) is 11.8 Å². The standard InChI is InChI=1S/C39H53N6O10P/c1-25(2)16-20-32(46)52-35-34(30-18-19-31-37(41)42-24-43-45(30)31)54-39(22-40,36(35)53-33(47)21-17-26(3)4)23-50-56(49,55-29-14-10-7-11-15-29)44-27(5)38(48)51-28-12-8-6-9-13-28/h7,10-11,14-15,18-19,24-28,34-36H,6,8-9,12-13,16-17,20-21,23H2,1-5H3,(H,44,49)(H2,41,42,43)/t27-,34-,35-,36-,39+,56?/m0/s1. The normalized spacial score (nSPS) is 23.0. The van der Waals surface area contributed by atoms with E-state index in [0.717, 1.165) is 32.1 Å². The van der Waals surface area contributed by atoms with E-state index in [-0.39, 0.29) is 42.3 Å². The molecule has 3 N–H and O–H groups in total. The number of hydrogen-bond acceptors (Lipinski definition) is 14. The quantitative estimate of drug-likeness (QED) is 0.0809. The summed E-state index contributed by atoms with van der Waals surface area (Å²) in [5, 5.41) is 18.0. The molecule has 0 bridgehead atoms. The van der Waals surface area contributed by atoms with Gasteiger partial charge in [-0.25, -0.2) is 14.1 Å². The van der Waals surface area contributed by atoms with Crippen LogP contribution in [0, 0.1) is 23.2 Å². The van der Waals surface area contributed by atoms with Crippen molar-refractivity contribution in [3.05, 3.63) is 54.5 Å². The van der Waals surface area contributed by atoms with Crippen LogP contribution >= 0.6 is 7.75 Å². The van der Waals surface area contributed by atoms with Crippen molar-refractivity contribution in [1.82, 2.24) is 19.7 Å². The number of para-hydroxylation sites is 1. The molecule has 6 atom stereocenters. The van der Waals surface area contributed by atoms with Gasteiger partial charge in [-0.2, -0.15) is 15.4 Å². The van der Waals surface area contributed by atoms with Crippen LogP contribution in [0.25, 0.3) is 5.52 Å². The number of rotatable bonds is 18. The lowest BCUT2D eigenvalue weighted by Gasteiger charge is -2.31. The van der Waals surface area contributed by atoms with Gasteiger partial charge in [-0.15, -0.1) is 0 Å². The Bertz CT molecular complexity index is 1900. The van der Waals surface area contributed by atoms with E-state index >= 15 is 0 Å². The van der Waals surface area contributed by atoms with E-state index in [0.29, 0.717) is 24.1 Å². The number of anilines is 1. The zero-order valence-corrected chi connectivity index (χ0v) is 33.5. The van der Waals surface area contributed by atoms with Crippen LogP contribution in [0.1, 0.15) is 104 Å². The fourth-order valence-corrected chi connectivity index (χ4v) is 8.10. The van der Waals surface area contributed by atoms with Crippen molar-refractivity contribution in [2.75, 3.05) is 12.3 Å². The van der Waals surface area contributed by atoms with Crippen molar-refractivity contribution >= 4 is 37.0 Å². The second kappa shape index (κ2) is 19.1. The molecule has 1 aliphatic heterocycles. The minimum absolute atomic E-state index is 0.00911. The van der Waals surface area contributed by atoms with Crippen LogP contribution in [0.5, 0.6) is 5.75 Å². The number of nitrogen functional groups attached to an aromatic ring is 1. The first-order valence-corrected chi connectivity index (χ1v) is 20.8. The lowest BCUT2D eigenvalue weighted by molar-refractivity contribution is -0.170. The molecule has 3 aromatic rings. The Morgan fingerprint density at radius 2 is 1.64 bits per heavy atom. The second-order valence-electron chi connectivity index (χ2n) is 15.2. The molecule has 1 unspecified atom stereocenters. The molecule has 1 saturated carbocycles. The molecular formula is C39H53N6O10P. The first kappa shape index (κ1) is 42.6. The molecule has 2 fully saturated rings. The number of esters is 3. The van der Waals surface area contributed by atoms with Gasteiger partial charge in [-0.1, -0.05) is 52.3 Å². The summed E-state index contributed by atoms with van der Waals surface area (Å²) in [6.45, 7) is 8.46. The lowest BCUT2D eigenvalue weighted by atomic mass is 9.95. The molecule has 1 aromatic carbocycles. The molecule has 16 nitrogen and oxygen atoms in total. The number of nitriles is 1. The van der Waals surface area contributed by atoms with E-state index in [1.165, 1.54) is 17.8 Å². The average Bonchev–Trinajstić information content (AvgIpc) is 3.73. The Morgan fingerprint density at radius 3 is 2.29 bits per heavy atom. The van der Waals surface area contributed by atoms with Crippen molar-refractivity contribution in [2.24, 2.45) is 11.8 Å². The highest BCUT2D eigenvalue weighted by Crippen LogP contribution is 2.50. The van der Waals surface area contributed by atoms with E-state index in [1.807, 2.05) is 27.7 Å². The Morgan fingerprint density at radius 1 is 0.982 bits per heavy atom. The van der Waals surface area contributed by atoms with Crippen molar-refractivity contribution in [1.29, 1.82) is 5.26 Å². The predicted molar refractivity (Wildman–Crippen MR) is 204 cm³/mol. The molecular weight excluding hydrogens is 743 g/mol. The minimum Gasteiger partial charge on any atom is -0.461 e. The van der Waals surface area contributed by atoms with Crippen molar-refractivity contribution in [3.63, 3.8) is 0 Å². The van der Waals surface area contributed by atoms with Crippen LogP contribution in [0.3, 0.4) is 0 Å². The Balaban J connectivity index is 1.52. The highest BCUT2D eigenvalue weighted by Gasteiger charge is 2.62. The molecule has 0 spiro atoms. The van der Waals surface area contributed by atoms with Crippen LogP contribution < -0.4 is 15.3 Å². The summed E-state index contributed by atoms with van der Waals surface area (Å²) in [6, 6.07) is 12.3. The van der Waals surface area contributed by atoms with Crippen LogP contribution in [0.2, 0.25) is 0 Å². The van der Waals surface area contributed by atoms with Crippen LogP contribution in [-0.4, -0.2) is 69.1 Å². The fraction of sp³-hybridized carbons (Fsp3) is 0.590. The summed E-state index contributed by atoms with van der Waals surface area (Å²) in [5.41, 5.74) is 4.60. The van der Waals surface area contributed by atoms with Gasteiger partial charge in [-0.05, 0) is 81.5 Å². The number of ether oxygens (including phenoxy) is 4. The largest absolute Gasteiger partial charge is 0.461 e.